The van der Waals surface area contributed by atoms with E-state index < -0.39 is 5.92 Å². The number of hydrogen-bond donors (Lipinski definition) is 2. The lowest BCUT2D eigenvalue weighted by molar-refractivity contribution is -0.875. The van der Waals surface area contributed by atoms with Crippen molar-refractivity contribution < 1.29 is 18.9 Å². The predicted molar refractivity (Wildman–Crippen MR) is 167 cm³/mol. The molecule has 2 N–H and O–H groups in total. The van der Waals surface area contributed by atoms with Crippen LogP contribution in [0.4, 0.5) is 22.7 Å². The van der Waals surface area contributed by atoms with E-state index in [1.165, 1.54) is 0 Å². The van der Waals surface area contributed by atoms with Gasteiger partial charge >= 0.3 is 0 Å². The maximum absolute atomic E-state index is 12.9. The maximum atomic E-state index is 12.9. The van der Waals surface area contributed by atoms with Crippen LogP contribution in [0.25, 0.3) is 0 Å². The molecule has 0 amide bonds. The number of aliphatic imine (C=N–C) groups is 2. The fourth-order valence-electron chi connectivity index (χ4n) is 4.65. The van der Waals surface area contributed by atoms with E-state index in [1.807, 2.05) is 76.2 Å². The molecule has 0 saturated heterocycles. The molecule has 0 spiro atoms. The van der Waals surface area contributed by atoms with E-state index in [0.29, 0.717) is 75.2 Å². The average Bonchev–Trinajstić information content (AvgIpc) is 2.99. The largest absolute Gasteiger partial charge is 0.633 e. The van der Waals surface area contributed by atoms with E-state index in [-0.39, 0.29) is 27.3 Å². The summed E-state index contributed by atoms with van der Waals surface area (Å²) in [6.45, 7) is 13.4. The van der Waals surface area contributed by atoms with Crippen molar-refractivity contribution in [1.29, 1.82) is 0 Å². The van der Waals surface area contributed by atoms with Gasteiger partial charge in [-0.05, 0) is 83.1 Å². The first-order chi connectivity index (χ1) is 19.5. The average molecular weight is 565 g/mol. The number of hydroxylamine groups is 6. The molecule has 41 heavy (non-hydrogen) atoms. The summed E-state index contributed by atoms with van der Waals surface area (Å²) in [4.78, 5) is 34.9. The SMILES string of the molecule is CC[N+]([O-])(CC)CCNc1ccc(N=C2CC(=Nc3ccc(NCC[N+]([O-])(CC)CC)cc3)C(=O)C(C)C2=O)cc1. The first-order valence-electron chi connectivity index (χ1n) is 14.6. The molecular weight excluding hydrogens is 520 g/mol. The highest BCUT2D eigenvalue weighted by atomic mass is 16.5. The molecule has 0 radical (unpaired) electrons. The monoisotopic (exact) mass is 564 g/mol. The van der Waals surface area contributed by atoms with Crippen molar-refractivity contribution in [1.82, 2.24) is 0 Å². The van der Waals surface area contributed by atoms with Gasteiger partial charge in [0, 0.05) is 17.8 Å². The van der Waals surface area contributed by atoms with Gasteiger partial charge in [-0.15, -0.1) is 0 Å². The van der Waals surface area contributed by atoms with Gasteiger partial charge < -0.3 is 30.3 Å². The van der Waals surface area contributed by atoms with E-state index >= 15 is 0 Å². The third-order valence-electron chi connectivity index (χ3n) is 7.96. The standard InChI is InChI=1S/C31H44N6O4/c1-6-36(40,7-2)20-18-32-24-10-14-26(15-11-24)34-28-22-29(31(39)23(5)30(28)38)35-27-16-12-25(13-17-27)33-19-21-37(41,8-3)9-4/h10-17,23,32-33H,6-9,18-22H2,1-5H3. The molecule has 0 atom stereocenters. The number of anilines is 2. The summed E-state index contributed by atoms with van der Waals surface area (Å²) < 4.78 is -0.466. The number of likely N-dealkylation sites (N-methyl/N-ethyl adjacent to an activating group) is 2. The zero-order valence-electron chi connectivity index (χ0n) is 25.0. The van der Waals surface area contributed by atoms with Crippen LogP contribution in [-0.4, -0.2) is 84.6 Å². The second-order valence-electron chi connectivity index (χ2n) is 10.5. The summed E-state index contributed by atoms with van der Waals surface area (Å²) in [5.41, 5.74) is 3.57. The van der Waals surface area contributed by atoms with Crippen LogP contribution in [0.1, 0.15) is 41.0 Å². The van der Waals surface area contributed by atoms with Crippen LogP contribution in [0.3, 0.4) is 0 Å². The first-order valence-corrected chi connectivity index (χ1v) is 14.6. The van der Waals surface area contributed by atoms with Gasteiger partial charge in [0.2, 0.25) is 0 Å². The van der Waals surface area contributed by atoms with Gasteiger partial charge in [-0.2, -0.15) is 0 Å². The molecule has 0 aromatic heterocycles. The summed E-state index contributed by atoms with van der Waals surface area (Å²) in [7, 11) is 0. The molecule has 0 heterocycles. The van der Waals surface area contributed by atoms with Crippen molar-refractivity contribution in [2.75, 3.05) is 63.0 Å². The number of quaternary nitrogens is 2. The van der Waals surface area contributed by atoms with Crippen LogP contribution in [0.5, 0.6) is 0 Å². The minimum Gasteiger partial charge on any atom is -0.633 e. The second-order valence-corrected chi connectivity index (χ2v) is 10.5. The van der Waals surface area contributed by atoms with E-state index in [0.717, 1.165) is 11.4 Å². The Labute approximate surface area is 243 Å². The van der Waals surface area contributed by atoms with Crippen LogP contribution >= 0.6 is 0 Å². The van der Waals surface area contributed by atoms with Crippen molar-refractivity contribution in [3.63, 3.8) is 0 Å². The van der Waals surface area contributed by atoms with Gasteiger partial charge in [-0.3, -0.25) is 9.59 Å². The second kappa shape index (κ2) is 14.5. The van der Waals surface area contributed by atoms with E-state index in [9.17, 15) is 20.0 Å². The third-order valence-corrected chi connectivity index (χ3v) is 7.96. The van der Waals surface area contributed by atoms with Gasteiger partial charge in [0.15, 0.2) is 11.6 Å². The van der Waals surface area contributed by atoms with Crippen molar-refractivity contribution in [3.8, 4) is 0 Å². The Morgan fingerprint density at radius 2 is 1.02 bits per heavy atom. The van der Waals surface area contributed by atoms with Gasteiger partial charge in [-0.25, -0.2) is 9.98 Å². The fourth-order valence-corrected chi connectivity index (χ4v) is 4.65. The molecule has 0 unspecified atom stereocenters. The van der Waals surface area contributed by atoms with Crippen LogP contribution < -0.4 is 10.6 Å². The Bertz CT molecular complexity index is 1140. The quantitative estimate of drug-likeness (QED) is 0.183. The maximum Gasteiger partial charge on any atom is 0.188 e. The van der Waals surface area contributed by atoms with Crippen LogP contribution in [0.15, 0.2) is 58.5 Å². The molecule has 222 valence electrons. The predicted octanol–water partition coefficient (Wildman–Crippen LogP) is 5.24. The van der Waals surface area contributed by atoms with Crippen LogP contribution in [-0.2, 0) is 9.59 Å². The lowest BCUT2D eigenvalue weighted by atomic mass is 9.85. The zero-order chi connectivity index (χ0) is 30.0. The van der Waals surface area contributed by atoms with Crippen molar-refractivity contribution >= 4 is 45.7 Å². The summed E-state index contributed by atoms with van der Waals surface area (Å²) >= 11 is 0. The highest BCUT2D eigenvalue weighted by molar-refractivity contribution is 6.62. The van der Waals surface area contributed by atoms with Gasteiger partial charge in [0.25, 0.3) is 0 Å². The molecule has 0 aliphatic heterocycles. The van der Waals surface area contributed by atoms with E-state index in [4.69, 9.17) is 0 Å². The Hall–Kier alpha value is -3.44. The number of benzene rings is 2. The van der Waals surface area contributed by atoms with E-state index in [2.05, 4.69) is 20.6 Å². The van der Waals surface area contributed by atoms with Gasteiger partial charge in [-0.1, -0.05) is 0 Å². The van der Waals surface area contributed by atoms with Gasteiger partial charge in [0.05, 0.1) is 81.1 Å². The Morgan fingerprint density at radius 1 is 0.683 bits per heavy atom. The van der Waals surface area contributed by atoms with Crippen LogP contribution in [0, 0.1) is 16.3 Å². The Kier molecular flexibility index (Phi) is 11.3. The zero-order valence-corrected chi connectivity index (χ0v) is 25.0. The molecule has 3 rings (SSSR count). The smallest absolute Gasteiger partial charge is 0.188 e. The normalized spacial score (nSPS) is 18.3. The molecule has 1 aliphatic carbocycles. The number of Topliss-reactive ketones (excluding diaryl/α,β-unsaturated/α-hetero) is 2. The number of ketones is 2. The minimum absolute atomic E-state index is 0.0665. The summed E-state index contributed by atoms with van der Waals surface area (Å²) in [5, 5.41) is 31.4. The number of rotatable bonds is 14. The molecule has 0 bridgehead atoms. The molecule has 1 saturated carbocycles. The summed E-state index contributed by atoms with van der Waals surface area (Å²) in [6, 6.07) is 14.7. The number of nitrogens with zero attached hydrogens (tertiary/aromatic N) is 4. The Morgan fingerprint density at radius 3 is 1.34 bits per heavy atom. The molecule has 1 fully saturated rings. The highest BCUT2D eigenvalue weighted by Gasteiger charge is 2.35. The minimum atomic E-state index is -0.839. The fraction of sp³-hybridized carbons (Fsp3) is 0.484. The molecule has 1 aliphatic rings. The van der Waals surface area contributed by atoms with E-state index in [1.54, 1.807) is 6.92 Å². The molecule has 2 aromatic carbocycles. The number of hydrogen-bond acceptors (Lipinski definition) is 8. The van der Waals surface area contributed by atoms with Gasteiger partial charge in [0.1, 0.15) is 0 Å². The van der Waals surface area contributed by atoms with Crippen molar-refractivity contribution in [2.24, 2.45) is 15.9 Å². The van der Waals surface area contributed by atoms with Crippen molar-refractivity contribution in [2.45, 2.75) is 41.0 Å². The third kappa shape index (κ3) is 8.77. The molecular formula is C31H44N6O4. The number of carbonyl (C=O) groups excluding carboxylic acids is 2. The topological polar surface area (TPSA) is 129 Å². The lowest BCUT2D eigenvalue weighted by Gasteiger charge is -2.41. The molecule has 2 aromatic rings. The first kappa shape index (κ1) is 32.1. The summed E-state index contributed by atoms with van der Waals surface area (Å²) in [6.07, 6.45) is 0.0665. The molecule has 10 heteroatoms. The van der Waals surface area contributed by atoms with Crippen LogP contribution in [0.2, 0.25) is 0 Å². The summed E-state index contributed by atoms with van der Waals surface area (Å²) in [5.74, 6) is -1.41. The lowest BCUT2D eigenvalue weighted by Crippen LogP contribution is -2.44. The Balaban J connectivity index is 1.66. The number of nitrogens with one attached hydrogen (secondary N) is 2. The van der Waals surface area contributed by atoms with Crippen molar-refractivity contribution in [3.05, 3.63) is 58.9 Å². The number of carbonyl (C=O) groups is 2. The molecule has 10 nitrogen and oxygen atoms in total. The highest BCUT2D eigenvalue weighted by Crippen LogP contribution is 2.24.